The lowest BCUT2D eigenvalue weighted by atomic mass is 9.52. The van der Waals surface area contributed by atoms with Gasteiger partial charge in [-0.25, -0.2) is 0 Å². The summed E-state index contributed by atoms with van der Waals surface area (Å²) in [5, 5.41) is 3.85. The van der Waals surface area contributed by atoms with Gasteiger partial charge in [0.15, 0.2) is 0 Å². The molecule has 0 unspecified atom stereocenters. The van der Waals surface area contributed by atoms with Crippen LogP contribution in [-0.4, -0.2) is 30.1 Å². The molecule has 5 fully saturated rings. The highest BCUT2D eigenvalue weighted by Gasteiger charge is 2.59. The van der Waals surface area contributed by atoms with Gasteiger partial charge in [-0.3, -0.25) is 4.79 Å². The van der Waals surface area contributed by atoms with E-state index in [-0.39, 0.29) is 5.60 Å². The number of ether oxygens (including phenoxy) is 1. The van der Waals surface area contributed by atoms with Gasteiger partial charge in [0.25, 0.3) is 0 Å². The third-order valence-electron chi connectivity index (χ3n) is 11.4. The molecule has 1 spiro atoms. The van der Waals surface area contributed by atoms with Crippen LogP contribution in [-0.2, 0) is 9.53 Å². The fourth-order valence-corrected chi connectivity index (χ4v) is 9.61. The molecule has 1 N–H and O–H groups in total. The maximum atomic E-state index is 12.2. The molecule has 6 rings (SSSR count). The van der Waals surface area contributed by atoms with Gasteiger partial charge in [0, 0.05) is 24.8 Å². The molecule has 31 heavy (non-hydrogen) atoms. The number of fused-ring (bicyclic) bond motifs is 6. The second kappa shape index (κ2) is 7.16. The van der Waals surface area contributed by atoms with Gasteiger partial charge in [0.1, 0.15) is 5.78 Å². The minimum Gasteiger partial charge on any atom is -0.369 e. The topological polar surface area (TPSA) is 38.3 Å². The van der Waals surface area contributed by atoms with Crippen LogP contribution in [0.5, 0.6) is 0 Å². The molecule has 2 heterocycles. The summed E-state index contributed by atoms with van der Waals surface area (Å²) in [5.41, 5.74) is 3.95. The Morgan fingerprint density at radius 3 is 2.77 bits per heavy atom. The van der Waals surface area contributed by atoms with Crippen LogP contribution in [0.15, 0.2) is 11.1 Å². The molecule has 172 valence electrons. The maximum absolute atomic E-state index is 12.2. The lowest BCUT2D eigenvalue weighted by Gasteiger charge is -2.52. The average molecular weight is 426 g/mol. The Balaban J connectivity index is 1.28. The SMILES string of the molecule is CC1=C2C[C@H]3[C@@H](CC[C@@H]4CC(=O)CC[C@@]43C)[C@@H]2CC[C@@]2(C1)O[C@@H]1C[C@H](C)CN[C@H]1[C@H]2C. The minimum atomic E-state index is 0.0572. The number of Topliss-reactive ketones (excluding diaryl/α,β-unsaturated/α-hetero) is 1. The molecule has 3 nitrogen and oxygen atoms in total. The van der Waals surface area contributed by atoms with Crippen molar-refractivity contribution in [3.8, 4) is 0 Å². The van der Waals surface area contributed by atoms with Crippen molar-refractivity contribution in [2.24, 2.45) is 40.9 Å². The third-order valence-corrected chi connectivity index (χ3v) is 11.4. The number of carbonyl (C=O) groups is 1. The highest BCUT2D eigenvalue weighted by atomic mass is 16.5. The average Bonchev–Trinajstić information content (AvgIpc) is 3.19. The van der Waals surface area contributed by atoms with E-state index < -0.39 is 0 Å². The summed E-state index contributed by atoms with van der Waals surface area (Å²) in [5.74, 6) is 4.97. The number of hydrogen-bond acceptors (Lipinski definition) is 3. The molecule has 0 aromatic heterocycles. The van der Waals surface area contributed by atoms with E-state index in [1.807, 2.05) is 5.57 Å². The molecule has 4 aliphatic carbocycles. The van der Waals surface area contributed by atoms with Gasteiger partial charge < -0.3 is 10.1 Å². The summed E-state index contributed by atoms with van der Waals surface area (Å²) >= 11 is 0. The highest BCUT2D eigenvalue weighted by Crippen LogP contribution is 2.65. The number of allylic oxidation sites excluding steroid dienone is 1. The zero-order valence-electron chi connectivity index (χ0n) is 20.2. The Morgan fingerprint density at radius 2 is 1.94 bits per heavy atom. The number of hydrogen-bond donors (Lipinski definition) is 1. The molecule has 10 atom stereocenters. The first-order chi connectivity index (χ1) is 14.8. The van der Waals surface area contributed by atoms with Crippen LogP contribution >= 0.6 is 0 Å². The molecule has 0 amide bonds. The smallest absolute Gasteiger partial charge is 0.133 e. The number of carbonyl (C=O) groups excluding carboxylic acids is 1. The van der Waals surface area contributed by atoms with Crippen molar-refractivity contribution >= 4 is 5.78 Å². The van der Waals surface area contributed by atoms with Crippen molar-refractivity contribution in [2.45, 2.75) is 110 Å². The third kappa shape index (κ3) is 3.01. The van der Waals surface area contributed by atoms with E-state index in [2.05, 4.69) is 33.0 Å². The predicted molar refractivity (Wildman–Crippen MR) is 124 cm³/mol. The van der Waals surface area contributed by atoms with E-state index in [1.54, 1.807) is 5.57 Å². The quantitative estimate of drug-likeness (QED) is 0.507. The molecule has 0 radical (unpaired) electrons. The summed E-state index contributed by atoms with van der Waals surface area (Å²) in [7, 11) is 0. The number of ketones is 1. The van der Waals surface area contributed by atoms with Crippen LogP contribution in [0.1, 0.15) is 91.9 Å². The van der Waals surface area contributed by atoms with E-state index in [1.165, 1.54) is 38.5 Å². The van der Waals surface area contributed by atoms with E-state index in [0.717, 1.165) is 55.9 Å². The molecule has 6 aliphatic rings. The van der Waals surface area contributed by atoms with Crippen LogP contribution in [0.2, 0.25) is 0 Å². The molecule has 2 aliphatic heterocycles. The van der Waals surface area contributed by atoms with Crippen molar-refractivity contribution < 1.29 is 9.53 Å². The van der Waals surface area contributed by atoms with Crippen LogP contribution in [0.4, 0.5) is 0 Å². The number of piperidine rings is 1. The second-order valence-electron chi connectivity index (χ2n) is 12.9. The van der Waals surface area contributed by atoms with Crippen LogP contribution in [0, 0.1) is 40.9 Å². The van der Waals surface area contributed by atoms with E-state index >= 15 is 0 Å². The lowest BCUT2D eigenvalue weighted by Crippen LogP contribution is -2.48. The number of rotatable bonds is 0. The molecule has 0 bridgehead atoms. The summed E-state index contributed by atoms with van der Waals surface area (Å²) in [6, 6.07) is 0.550. The van der Waals surface area contributed by atoms with Crippen LogP contribution in [0.3, 0.4) is 0 Å². The molecule has 0 aromatic rings. The van der Waals surface area contributed by atoms with Crippen LogP contribution < -0.4 is 5.32 Å². The summed E-state index contributed by atoms with van der Waals surface area (Å²) in [4.78, 5) is 12.2. The monoisotopic (exact) mass is 425 g/mol. The van der Waals surface area contributed by atoms with E-state index in [4.69, 9.17) is 4.74 Å². The molecule has 3 saturated carbocycles. The second-order valence-corrected chi connectivity index (χ2v) is 12.9. The van der Waals surface area contributed by atoms with Gasteiger partial charge in [-0.2, -0.15) is 0 Å². The zero-order chi connectivity index (χ0) is 21.5. The van der Waals surface area contributed by atoms with Crippen molar-refractivity contribution in [3.05, 3.63) is 11.1 Å². The first-order valence-electron chi connectivity index (χ1n) is 13.4. The van der Waals surface area contributed by atoms with Gasteiger partial charge in [0.2, 0.25) is 0 Å². The van der Waals surface area contributed by atoms with E-state index in [0.29, 0.717) is 35.2 Å². The summed E-state index contributed by atoms with van der Waals surface area (Å²) in [6.45, 7) is 11.0. The first-order valence-corrected chi connectivity index (χ1v) is 13.4. The molecule has 0 aromatic carbocycles. The first kappa shape index (κ1) is 20.9. The molecule has 2 saturated heterocycles. The van der Waals surface area contributed by atoms with E-state index in [9.17, 15) is 4.79 Å². The minimum absolute atomic E-state index is 0.0572. The van der Waals surface area contributed by atoms with Crippen molar-refractivity contribution in [2.75, 3.05) is 6.54 Å². The van der Waals surface area contributed by atoms with Gasteiger partial charge in [-0.1, -0.05) is 31.9 Å². The standard InChI is InChI=1S/C28H43NO2/c1-16-11-25-26(29-15-16)18(3)28(31-25)10-8-21-22-6-5-19-12-20(30)7-9-27(19,4)24(22)13-23(21)17(2)14-28/h16,18-19,21-22,24-26,29H,5-15H2,1-4H3/t16-,18+,19+,21-,22-,24-,25+,26-,27-,28-/m0/s1. The normalized spacial score (nSPS) is 54.3. The van der Waals surface area contributed by atoms with Crippen molar-refractivity contribution in [1.82, 2.24) is 5.32 Å². The van der Waals surface area contributed by atoms with Crippen molar-refractivity contribution in [1.29, 1.82) is 0 Å². The fourth-order valence-electron chi connectivity index (χ4n) is 9.61. The highest BCUT2D eigenvalue weighted by molar-refractivity contribution is 5.79. The molecule has 3 heteroatoms. The number of nitrogens with one attached hydrogen (secondary N) is 1. The Kier molecular flexibility index (Phi) is 4.83. The lowest BCUT2D eigenvalue weighted by molar-refractivity contribution is -0.129. The molecular weight excluding hydrogens is 382 g/mol. The van der Waals surface area contributed by atoms with Gasteiger partial charge >= 0.3 is 0 Å². The van der Waals surface area contributed by atoms with Crippen molar-refractivity contribution in [3.63, 3.8) is 0 Å². The maximum Gasteiger partial charge on any atom is 0.133 e. The predicted octanol–water partition coefficient (Wildman–Crippen LogP) is 5.68. The largest absolute Gasteiger partial charge is 0.369 e. The summed E-state index contributed by atoms with van der Waals surface area (Å²) in [6.07, 6.45) is 12.2. The molecular formula is C28H43NO2. The Bertz CT molecular complexity index is 803. The van der Waals surface area contributed by atoms with Gasteiger partial charge in [-0.15, -0.1) is 0 Å². The zero-order valence-corrected chi connectivity index (χ0v) is 20.2. The Morgan fingerprint density at radius 1 is 1.10 bits per heavy atom. The summed E-state index contributed by atoms with van der Waals surface area (Å²) < 4.78 is 7.01. The van der Waals surface area contributed by atoms with Gasteiger partial charge in [0.05, 0.1) is 11.7 Å². The fraction of sp³-hybridized carbons (Fsp3) is 0.893. The van der Waals surface area contributed by atoms with Crippen LogP contribution in [0.25, 0.3) is 0 Å². The van der Waals surface area contributed by atoms with Gasteiger partial charge in [-0.05, 0) is 99.8 Å². The Labute approximate surface area is 189 Å². The Hall–Kier alpha value is -0.670.